The molecule has 5 rings (SSSR count). The predicted molar refractivity (Wildman–Crippen MR) is 118 cm³/mol. The molecule has 0 aliphatic heterocycles. The molecule has 0 unspecified atom stereocenters. The third-order valence-corrected chi connectivity index (χ3v) is 5.72. The Balaban J connectivity index is 1.60. The normalized spacial score (nSPS) is 12.2. The van der Waals surface area contributed by atoms with Crippen LogP contribution in [-0.2, 0) is 0 Å². The fourth-order valence-corrected chi connectivity index (χ4v) is 4.02. The second kappa shape index (κ2) is 7.48. The van der Waals surface area contributed by atoms with Crippen LogP contribution >= 0.6 is 11.3 Å². The van der Waals surface area contributed by atoms with Gasteiger partial charge < -0.3 is 5.32 Å². The van der Waals surface area contributed by atoms with Gasteiger partial charge in [0.25, 0.3) is 0 Å². The highest BCUT2D eigenvalue weighted by Gasteiger charge is 2.13. The lowest BCUT2D eigenvalue weighted by Crippen LogP contribution is -2.11. The zero-order chi connectivity index (χ0) is 19.6. The second-order valence-corrected chi connectivity index (χ2v) is 7.74. The van der Waals surface area contributed by atoms with E-state index in [0.29, 0.717) is 5.95 Å². The number of aromatic nitrogens is 4. The minimum absolute atomic E-state index is 0.0853. The minimum Gasteiger partial charge on any atom is -0.348 e. The Morgan fingerprint density at radius 3 is 2.59 bits per heavy atom. The predicted octanol–water partition coefficient (Wildman–Crippen LogP) is 5.72. The molecule has 0 bridgehead atoms. The van der Waals surface area contributed by atoms with Crippen LogP contribution in [0.5, 0.6) is 0 Å². The van der Waals surface area contributed by atoms with E-state index in [1.54, 1.807) is 11.3 Å². The third-order valence-electron chi connectivity index (χ3n) is 4.83. The molecular formula is C23H19N5S. The molecule has 5 nitrogen and oxygen atoms in total. The lowest BCUT2D eigenvalue weighted by molar-refractivity contribution is 0.855. The third kappa shape index (κ3) is 3.50. The Bertz CT molecular complexity index is 1250. The first-order valence-corrected chi connectivity index (χ1v) is 10.3. The molecule has 5 aromatic rings. The molecule has 1 atom stereocenters. The van der Waals surface area contributed by atoms with E-state index in [0.717, 1.165) is 27.4 Å². The second-order valence-electron chi connectivity index (χ2n) is 6.79. The van der Waals surface area contributed by atoms with Crippen LogP contribution in [0.2, 0.25) is 0 Å². The molecule has 0 aliphatic rings. The molecule has 0 amide bonds. The number of fused-ring (bicyclic) bond motifs is 1. The number of hydrogen-bond acceptors (Lipinski definition) is 5. The first-order valence-electron chi connectivity index (χ1n) is 9.45. The van der Waals surface area contributed by atoms with Gasteiger partial charge in [-0.2, -0.15) is 4.98 Å². The monoisotopic (exact) mass is 397 g/mol. The van der Waals surface area contributed by atoms with E-state index in [4.69, 9.17) is 9.97 Å². The lowest BCUT2D eigenvalue weighted by Gasteiger charge is -2.16. The molecule has 0 saturated heterocycles. The summed E-state index contributed by atoms with van der Waals surface area (Å²) in [5, 5.41) is 5.52. The van der Waals surface area contributed by atoms with E-state index in [-0.39, 0.29) is 6.04 Å². The zero-order valence-corrected chi connectivity index (χ0v) is 16.7. The maximum Gasteiger partial charge on any atom is 0.225 e. The van der Waals surface area contributed by atoms with E-state index in [1.165, 1.54) is 5.56 Å². The van der Waals surface area contributed by atoms with Crippen molar-refractivity contribution in [2.45, 2.75) is 13.0 Å². The smallest absolute Gasteiger partial charge is 0.225 e. The SMILES string of the molecule is C[C@H](Nc1nc(-c2cccs2)cc(-n2cnc3ccccc32)n1)c1ccccc1. The van der Waals surface area contributed by atoms with E-state index in [9.17, 15) is 0 Å². The minimum atomic E-state index is 0.0853. The summed E-state index contributed by atoms with van der Waals surface area (Å²) in [7, 11) is 0. The van der Waals surface area contributed by atoms with Gasteiger partial charge in [0.05, 0.1) is 27.6 Å². The Kier molecular flexibility index (Phi) is 4.54. The number of nitrogens with one attached hydrogen (secondary N) is 1. The van der Waals surface area contributed by atoms with Crippen molar-refractivity contribution in [2.75, 3.05) is 5.32 Å². The zero-order valence-electron chi connectivity index (χ0n) is 15.9. The number of para-hydroxylation sites is 2. The van der Waals surface area contributed by atoms with Crippen LogP contribution in [-0.4, -0.2) is 19.5 Å². The fraction of sp³-hybridized carbons (Fsp3) is 0.0870. The van der Waals surface area contributed by atoms with Crippen LogP contribution in [0.3, 0.4) is 0 Å². The fourth-order valence-electron chi connectivity index (χ4n) is 3.33. The molecule has 0 fully saturated rings. The average Bonchev–Trinajstić information content (AvgIpc) is 3.44. The summed E-state index contributed by atoms with van der Waals surface area (Å²) in [5.41, 5.74) is 4.04. The topological polar surface area (TPSA) is 55.6 Å². The van der Waals surface area contributed by atoms with Crippen molar-refractivity contribution in [3.63, 3.8) is 0 Å². The maximum atomic E-state index is 4.81. The summed E-state index contributed by atoms with van der Waals surface area (Å²) in [5.74, 6) is 1.39. The Labute approximate surface area is 172 Å². The van der Waals surface area contributed by atoms with Gasteiger partial charge in [0.1, 0.15) is 12.1 Å². The highest BCUT2D eigenvalue weighted by atomic mass is 32.1. The van der Waals surface area contributed by atoms with Crippen molar-refractivity contribution in [3.05, 3.63) is 90.1 Å². The number of thiophene rings is 1. The van der Waals surface area contributed by atoms with Crippen LogP contribution in [0.1, 0.15) is 18.5 Å². The molecule has 29 heavy (non-hydrogen) atoms. The van der Waals surface area contributed by atoms with Crippen molar-refractivity contribution in [3.8, 4) is 16.4 Å². The summed E-state index contributed by atoms with van der Waals surface area (Å²) < 4.78 is 2.01. The van der Waals surface area contributed by atoms with Crippen molar-refractivity contribution in [1.82, 2.24) is 19.5 Å². The van der Waals surface area contributed by atoms with Crippen LogP contribution in [0.4, 0.5) is 5.95 Å². The van der Waals surface area contributed by atoms with Gasteiger partial charge >= 0.3 is 0 Å². The Morgan fingerprint density at radius 2 is 1.76 bits per heavy atom. The maximum absolute atomic E-state index is 4.81. The van der Waals surface area contributed by atoms with Gasteiger partial charge in [-0.25, -0.2) is 9.97 Å². The lowest BCUT2D eigenvalue weighted by atomic mass is 10.1. The van der Waals surface area contributed by atoms with Gasteiger partial charge in [0.2, 0.25) is 5.95 Å². The van der Waals surface area contributed by atoms with Crippen LogP contribution in [0.15, 0.2) is 84.5 Å². The molecule has 0 aliphatic carbocycles. The highest BCUT2D eigenvalue weighted by Crippen LogP contribution is 2.28. The quantitative estimate of drug-likeness (QED) is 0.412. The van der Waals surface area contributed by atoms with E-state index in [2.05, 4.69) is 46.9 Å². The van der Waals surface area contributed by atoms with Crippen LogP contribution < -0.4 is 5.32 Å². The van der Waals surface area contributed by atoms with Crippen molar-refractivity contribution >= 4 is 28.3 Å². The number of imidazole rings is 1. The molecule has 0 radical (unpaired) electrons. The van der Waals surface area contributed by atoms with Gasteiger partial charge in [-0.05, 0) is 36.1 Å². The number of nitrogens with zero attached hydrogens (tertiary/aromatic N) is 4. The summed E-state index contributed by atoms with van der Waals surface area (Å²) in [6, 6.07) is 24.6. The van der Waals surface area contributed by atoms with Gasteiger partial charge in [0, 0.05) is 6.07 Å². The molecule has 142 valence electrons. The average molecular weight is 398 g/mol. The van der Waals surface area contributed by atoms with Crippen LogP contribution in [0.25, 0.3) is 27.4 Å². The summed E-state index contributed by atoms with van der Waals surface area (Å²) in [4.78, 5) is 15.2. The standard InChI is InChI=1S/C23H19N5S/c1-16(17-8-3-2-4-9-17)25-23-26-19(21-12-7-13-29-21)14-22(27-23)28-15-24-18-10-5-6-11-20(18)28/h2-16H,1H3,(H,25,26,27)/t16-/m0/s1. The van der Waals surface area contributed by atoms with E-state index in [1.807, 2.05) is 59.4 Å². The molecule has 6 heteroatoms. The van der Waals surface area contributed by atoms with Gasteiger partial charge in [-0.3, -0.25) is 4.57 Å². The summed E-state index contributed by atoms with van der Waals surface area (Å²) in [6.07, 6.45) is 1.82. The van der Waals surface area contributed by atoms with Crippen molar-refractivity contribution in [1.29, 1.82) is 0 Å². The Hall–Kier alpha value is -3.51. The summed E-state index contributed by atoms with van der Waals surface area (Å²) >= 11 is 1.67. The van der Waals surface area contributed by atoms with E-state index >= 15 is 0 Å². The van der Waals surface area contributed by atoms with Gasteiger partial charge in [0.15, 0.2) is 0 Å². The molecule has 0 saturated carbocycles. The van der Waals surface area contributed by atoms with E-state index < -0.39 is 0 Å². The molecule has 2 aromatic carbocycles. The Morgan fingerprint density at radius 1 is 0.931 bits per heavy atom. The van der Waals surface area contributed by atoms with Crippen molar-refractivity contribution < 1.29 is 0 Å². The largest absolute Gasteiger partial charge is 0.348 e. The molecule has 1 N–H and O–H groups in total. The van der Waals surface area contributed by atoms with Gasteiger partial charge in [-0.1, -0.05) is 48.5 Å². The van der Waals surface area contributed by atoms with Gasteiger partial charge in [-0.15, -0.1) is 11.3 Å². The highest BCUT2D eigenvalue weighted by molar-refractivity contribution is 7.13. The summed E-state index contributed by atoms with van der Waals surface area (Å²) in [6.45, 7) is 2.11. The first-order chi connectivity index (χ1) is 14.3. The number of anilines is 1. The number of rotatable bonds is 5. The molecular weight excluding hydrogens is 378 g/mol. The molecule has 3 heterocycles. The molecule has 3 aromatic heterocycles. The number of hydrogen-bond donors (Lipinski definition) is 1. The first kappa shape index (κ1) is 17.6. The van der Waals surface area contributed by atoms with Crippen molar-refractivity contribution in [2.24, 2.45) is 0 Å². The number of benzene rings is 2. The van der Waals surface area contributed by atoms with Crippen LogP contribution in [0, 0.1) is 0 Å². The molecule has 0 spiro atoms.